The maximum Gasteiger partial charge on any atom is 0.123 e. The Morgan fingerprint density at radius 3 is 2.35 bits per heavy atom. The Bertz CT molecular complexity index is 543. The van der Waals surface area contributed by atoms with Gasteiger partial charge in [-0.15, -0.1) is 0 Å². The summed E-state index contributed by atoms with van der Waals surface area (Å²) in [6.45, 7) is 3.96. The van der Waals surface area contributed by atoms with Crippen LogP contribution in [0.1, 0.15) is 34.7 Å². The molecule has 1 atom stereocenters. The molecule has 0 fully saturated rings. The first-order chi connectivity index (χ1) is 9.58. The van der Waals surface area contributed by atoms with Gasteiger partial charge in [0.05, 0.1) is 0 Å². The van der Waals surface area contributed by atoms with E-state index >= 15 is 0 Å². The number of halogens is 1. The number of nitrogens with one attached hydrogen (secondary N) is 1. The molecule has 0 heterocycles. The van der Waals surface area contributed by atoms with E-state index < -0.39 is 0 Å². The lowest BCUT2D eigenvalue weighted by atomic mass is 9.97. The summed E-state index contributed by atoms with van der Waals surface area (Å²) in [5, 5.41) is 0. The molecule has 0 aliphatic carbocycles. The van der Waals surface area contributed by atoms with Crippen LogP contribution in [0, 0.1) is 19.7 Å². The van der Waals surface area contributed by atoms with Gasteiger partial charge in [0.25, 0.3) is 0 Å². The van der Waals surface area contributed by atoms with Crippen LogP contribution in [0.15, 0.2) is 42.5 Å². The molecule has 0 aromatic heterocycles. The largest absolute Gasteiger partial charge is 0.271 e. The third-order valence-electron chi connectivity index (χ3n) is 3.51. The molecular formula is C17H21FN2. The highest BCUT2D eigenvalue weighted by Gasteiger charge is 2.11. The molecule has 0 amide bonds. The number of nitrogens with two attached hydrogens (primary N) is 1. The molecule has 0 saturated heterocycles. The summed E-state index contributed by atoms with van der Waals surface area (Å²) in [4.78, 5) is 0. The van der Waals surface area contributed by atoms with Crippen molar-refractivity contribution in [2.45, 2.75) is 32.7 Å². The van der Waals surface area contributed by atoms with Gasteiger partial charge in [-0.1, -0.05) is 35.9 Å². The van der Waals surface area contributed by atoms with E-state index in [1.165, 1.54) is 17.2 Å². The number of hydrogen-bond donors (Lipinski definition) is 2. The highest BCUT2D eigenvalue weighted by Crippen LogP contribution is 2.21. The fourth-order valence-electron chi connectivity index (χ4n) is 2.38. The van der Waals surface area contributed by atoms with Crippen molar-refractivity contribution in [3.05, 3.63) is 70.5 Å². The zero-order valence-corrected chi connectivity index (χ0v) is 12.0. The Hall–Kier alpha value is -1.71. The summed E-state index contributed by atoms with van der Waals surface area (Å²) in [5.74, 6) is 5.41. The zero-order valence-electron chi connectivity index (χ0n) is 12.0. The lowest BCUT2D eigenvalue weighted by Crippen LogP contribution is -2.28. The summed E-state index contributed by atoms with van der Waals surface area (Å²) in [7, 11) is 0. The molecule has 20 heavy (non-hydrogen) atoms. The minimum Gasteiger partial charge on any atom is -0.271 e. The second-order valence-electron chi connectivity index (χ2n) is 5.31. The van der Waals surface area contributed by atoms with Gasteiger partial charge in [0.15, 0.2) is 0 Å². The summed E-state index contributed by atoms with van der Waals surface area (Å²) in [5.41, 5.74) is 7.12. The van der Waals surface area contributed by atoms with Crippen LogP contribution < -0.4 is 11.3 Å². The second-order valence-corrected chi connectivity index (χ2v) is 5.31. The minimum atomic E-state index is -0.212. The summed E-state index contributed by atoms with van der Waals surface area (Å²) >= 11 is 0. The molecular weight excluding hydrogens is 251 g/mol. The number of hydrogen-bond acceptors (Lipinski definition) is 2. The molecule has 0 spiro atoms. The Morgan fingerprint density at radius 2 is 1.75 bits per heavy atom. The third-order valence-corrected chi connectivity index (χ3v) is 3.51. The fourth-order valence-corrected chi connectivity index (χ4v) is 2.38. The minimum absolute atomic E-state index is 0.0364. The predicted octanol–water partition coefficient (Wildman–Crippen LogP) is 3.58. The Balaban J connectivity index is 2.07. The highest BCUT2D eigenvalue weighted by molar-refractivity contribution is 5.27. The molecule has 3 heteroatoms. The van der Waals surface area contributed by atoms with Gasteiger partial charge in [-0.25, -0.2) is 4.39 Å². The monoisotopic (exact) mass is 272 g/mol. The molecule has 2 nitrogen and oxygen atoms in total. The summed E-state index contributed by atoms with van der Waals surface area (Å²) in [6, 6.07) is 13.5. The third kappa shape index (κ3) is 3.89. The molecule has 1 unspecified atom stereocenters. The summed E-state index contributed by atoms with van der Waals surface area (Å²) < 4.78 is 13.5. The fraction of sp³-hybridized carbons (Fsp3) is 0.294. The van der Waals surface area contributed by atoms with E-state index in [0.29, 0.717) is 0 Å². The van der Waals surface area contributed by atoms with E-state index in [4.69, 9.17) is 5.84 Å². The lowest BCUT2D eigenvalue weighted by molar-refractivity contribution is 0.511. The molecule has 0 aliphatic rings. The first kappa shape index (κ1) is 14.7. The van der Waals surface area contributed by atoms with Gasteiger partial charge >= 0.3 is 0 Å². The maximum atomic E-state index is 13.5. The molecule has 0 bridgehead atoms. The van der Waals surface area contributed by atoms with Gasteiger partial charge in [0.2, 0.25) is 0 Å². The van der Waals surface area contributed by atoms with Crippen LogP contribution in [0.25, 0.3) is 0 Å². The van der Waals surface area contributed by atoms with Crippen LogP contribution in [0.2, 0.25) is 0 Å². The topological polar surface area (TPSA) is 38.0 Å². The van der Waals surface area contributed by atoms with Crippen molar-refractivity contribution in [1.29, 1.82) is 0 Å². The van der Waals surface area contributed by atoms with Gasteiger partial charge in [0, 0.05) is 6.04 Å². The van der Waals surface area contributed by atoms with Crippen LogP contribution in [0.4, 0.5) is 4.39 Å². The van der Waals surface area contributed by atoms with Crippen molar-refractivity contribution in [2.75, 3.05) is 0 Å². The van der Waals surface area contributed by atoms with Crippen LogP contribution in [0.3, 0.4) is 0 Å². The van der Waals surface area contributed by atoms with Crippen molar-refractivity contribution >= 4 is 0 Å². The number of hydrazine groups is 1. The highest BCUT2D eigenvalue weighted by atomic mass is 19.1. The molecule has 0 radical (unpaired) electrons. The van der Waals surface area contributed by atoms with Gasteiger partial charge in [-0.3, -0.25) is 11.3 Å². The number of aryl methyl sites for hydroxylation is 3. The molecule has 2 aromatic carbocycles. The Kier molecular flexibility index (Phi) is 4.88. The smallest absolute Gasteiger partial charge is 0.123 e. The van der Waals surface area contributed by atoms with Crippen LogP contribution in [-0.4, -0.2) is 0 Å². The molecule has 2 aromatic rings. The first-order valence-electron chi connectivity index (χ1n) is 6.87. The average Bonchev–Trinajstić information content (AvgIpc) is 2.40. The number of benzene rings is 2. The van der Waals surface area contributed by atoms with Crippen molar-refractivity contribution in [3.8, 4) is 0 Å². The van der Waals surface area contributed by atoms with Gasteiger partial charge in [-0.2, -0.15) is 0 Å². The van der Waals surface area contributed by atoms with E-state index in [-0.39, 0.29) is 11.9 Å². The SMILES string of the molecule is Cc1ccc(CCC(NN)c2cc(C)cc(F)c2)cc1. The molecule has 0 saturated carbocycles. The number of rotatable bonds is 5. The van der Waals surface area contributed by atoms with Crippen molar-refractivity contribution in [2.24, 2.45) is 5.84 Å². The molecule has 106 valence electrons. The summed E-state index contributed by atoms with van der Waals surface area (Å²) in [6.07, 6.45) is 1.74. The average molecular weight is 272 g/mol. The quantitative estimate of drug-likeness (QED) is 0.645. The molecule has 3 N–H and O–H groups in total. The van der Waals surface area contributed by atoms with Crippen LogP contribution in [0.5, 0.6) is 0 Å². The van der Waals surface area contributed by atoms with Gasteiger partial charge in [0.1, 0.15) is 5.82 Å². The van der Waals surface area contributed by atoms with Gasteiger partial charge < -0.3 is 0 Å². The van der Waals surface area contributed by atoms with Crippen molar-refractivity contribution in [1.82, 2.24) is 5.43 Å². The van der Waals surface area contributed by atoms with Crippen LogP contribution >= 0.6 is 0 Å². The van der Waals surface area contributed by atoms with E-state index in [1.54, 1.807) is 6.07 Å². The predicted molar refractivity (Wildman–Crippen MR) is 80.7 cm³/mol. The lowest BCUT2D eigenvalue weighted by Gasteiger charge is -2.17. The van der Waals surface area contributed by atoms with Crippen molar-refractivity contribution < 1.29 is 4.39 Å². The van der Waals surface area contributed by atoms with Gasteiger partial charge in [-0.05, 0) is 55.5 Å². The van der Waals surface area contributed by atoms with E-state index in [2.05, 4.69) is 36.6 Å². The first-order valence-corrected chi connectivity index (χ1v) is 6.87. The second kappa shape index (κ2) is 6.64. The van der Waals surface area contributed by atoms with E-state index in [9.17, 15) is 4.39 Å². The Morgan fingerprint density at radius 1 is 1.05 bits per heavy atom. The Labute approximate surface area is 119 Å². The standard InChI is InChI=1S/C17H21FN2/c1-12-3-5-14(6-4-12)7-8-17(20-19)15-9-13(2)10-16(18)11-15/h3-6,9-11,17,20H,7-8,19H2,1-2H3. The van der Waals surface area contributed by atoms with Crippen molar-refractivity contribution in [3.63, 3.8) is 0 Å². The molecule has 0 aliphatic heterocycles. The normalized spacial score (nSPS) is 12.4. The zero-order chi connectivity index (χ0) is 14.5. The maximum absolute atomic E-state index is 13.5. The van der Waals surface area contributed by atoms with E-state index in [0.717, 1.165) is 24.0 Å². The van der Waals surface area contributed by atoms with Crippen LogP contribution in [-0.2, 0) is 6.42 Å². The molecule has 2 rings (SSSR count). The van der Waals surface area contributed by atoms with E-state index in [1.807, 2.05) is 13.0 Å².